The molecule has 0 aromatic heterocycles. The van der Waals surface area contributed by atoms with E-state index in [1.165, 1.54) is 204 Å². The predicted molar refractivity (Wildman–Crippen MR) is 205 cm³/mol. The van der Waals surface area contributed by atoms with Gasteiger partial charge < -0.3 is 0 Å². The Kier molecular flexibility index (Phi) is 25.2. The van der Waals surface area contributed by atoms with E-state index in [-0.39, 0.29) is 0 Å². The molecular formula is C44H76N+. The van der Waals surface area contributed by atoms with E-state index in [4.69, 9.17) is 0 Å². The molecule has 0 aliphatic rings. The van der Waals surface area contributed by atoms with Gasteiger partial charge >= 0.3 is 0 Å². The van der Waals surface area contributed by atoms with Crippen molar-refractivity contribution in [1.82, 2.24) is 4.48 Å². The Morgan fingerprint density at radius 3 is 0.756 bits per heavy atom. The molecule has 45 heavy (non-hydrogen) atoms. The lowest BCUT2D eigenvalue weighted by Gasteiger charge is -2.38. The Morgan fingerprint density at radius 2 is 0.511 bits per heavy atom. The molecule has 0 spiro atoms. The number of unbranched alkanes of at least 4 members (excludes halogenated alkanes) is 26. The first kappa shape index (κ1) is 39.6. The van der Waals surface area contributed by atoms with Crippen LogP contribution in [0.1, 0.15) is 194 Å². The monoisotopic (exact) mass is 619 g/mol. The smallest absolute Gasteiger partial charge is 0.137 e. The maximum absolute atomic E-state index is 2.39. The number of hydrogen-bond acceptors (Lipinski definition) is 0. The van der Waals surface area contributed by atoms with Crippen molar-refractivity contribution < 1.29 is 0 Å². The fraction of sp³-hybridized carbons (Fsp3) is 0.727. The fourth-order valence-electron chi connectivity index (χ4n) is 7.36. The van der Waals surface area contributed by atoms with E-state index < -0.39 is 0 Å². The standard InChI is InChI=1S/C44H76N/c1-3-5-7-9-11-13-15-17-19-21-23-25-27-35-41-45(43-37-31-29-32-38-43,44-39-33-30-34-40-44)42-36-28-26-24-22-20-18-16-14-12-10-8-6-4-2/h29-34,37-40H,3-28,35-36,41-42H2,1-2H3/q+1. The molecule has 0 radical (unpaired) electrons. The van der Waals surface area contributed by atoms with Gasteiger partial charge in [-0.3, -0.25) is 4.48 Å². The van der Waals surface area contributed by atoms with Crippen molar-refractivity contribution in [2.45, 2.75) is 194 Å². The Bertz CT molecular complexity index is 786. The van der Waals surface area contributed by atoms with Gasteiger partial charge in [-0.25, -0.2) is 0 Å². The summed E-state index contributed by atoms with van der Waals surface area (Å²) in [5.41, 5.74) is 2.96. The summed E-state index contributed by atoms with van der Waals surface area (Å²) in [4.78, 5) is 0. The van der Waals surface area contributed by atoms with Crippen LogP contribution in [0, 0.1) is 0 Å². The second kappa shape index (κ2) is 28.6. The average molecular weight is 619 g/mol. The molecular weight excluding hydrogens is 542 g/mol. The molecule has 256 valence electrons. The van der Waals surface area contributed by atoms with Crippen LogP contribution in [0.3, 0.4) is 0 Å². The lowest BCUT2D eigenvalue weighted by Crippen LogP contribution is -2.46. The first-order valence-electron chi connectivity index (χ1n) is 20.3. The lowest BCUT2D eigenvalue weighted by molar-refractivity contribution is 0.353. The summed E-state index contributed by atoms with van der Waals surface area (Å²) in [5.74, 6) is 0. The van der Waals surface area contributed by atoms with E-state index in [0.29, 0.717) is 0 Å². The molecule has 0 unspecified atom stereocenters. The highest BCUT2D eigenvalue weighted by atomic mass is 15.4. The van der Waals surface area contributed by atoms with E-state index in [0.717, 1.165) is 4.48 Å². The SMILES string of the molecule is CCCCCCCCCCCCCCCC[N+](CCCCCCCCCCCCCCCC)(c1ccccc1)c1ccccc1. The summed E-state index contributed by atoms with van der Waals surface area (Å²) in [5, 5.41) is 0. The molecule has 0 aliphatic carbocycles. The number of nitrogens with zero attached hydrogens (tertiary/aromatic N) is 1. The lowest BCUT2D eigenvalue weighted by atomic mass is 10.0. The molecule has 2 aromatic rings. The highest BCUT2D eigenvalue weighted by Gasteiger charge is 2.32. The van der Waals surface area contributed by atoms with Crippen molar-refractivity contribution in [3.63, 3.8) is 0 Å². The maximum Gasteiger partial charge on any atom is 0.137 e. The number of hydrogen-bond donors (Lipinski definition) is 0. The van der Waals surface area contributed by atoms with Crippen molar-refractivity contribution >= 4 is 11.4 Å². The van der Waals surface area contributed by atoms with E-state index in [1.807, 2.05) is 0 Å². The minimum Gasteiger partial charge on any atom is -0.259 e. The summed E-state index contributed by atoms with van der Waals surface area (Å²) in [6.07, 6.45) is 39.8. The minimum absolute atomic E-state index is 1.03. The van der Waals surface area contributed by atoms with Crippen molar-refractivity contribution in [3.8, 4) is 0 Å². The number of quaternary nitrogens is 1. The van der Waals surface area contributed by atoms with Crippen LogP contribution in [0.5, 0.6) is 0 Å². The van der Waals surface area contributed by atoms with E-state index in [1.54, 1.807) is 0 Å². The Hall–Kier alpha value is -1.60. The number of benzene rings is 2. The summed E-state index contributed by atoms with van der Waals surface area (Å²) in [6.45, 7) is 7.07. The molecule has 0 bridgehead atoms. The van der Waals surface area contributed by atoms with Gasteiger partial charge in [-0.05, 0) is 49.9 Å². The highest BCUT2D eigenvalue weighted by Crippen LogP contribution is 2.36. The zero-order chi connectivity index (χ0) is 31.9. The summed E-state index contributed by atoms with van der Waals surface area (Å²) >= 11 is 0. The molecule has 0 saturated heterocycles. The van der Waals surface area contributed by atoms with Gasteiger partial charge in [0.25, 0.3) is 0 Å². The highest BCUT2D eigenvalue weighted by molar-refractivity contribution is 5.58. The molecule has 0 N–H and O–H groups in total. The third-order valence-corrected chi connectivity index (χ3v) is 10.3. The minimum atomic E-state index is 1.03. The average Bonchev–Trinajstić information content (AvgIpc) is 3.08. The summed E-state index contributed by atoms with van der Waals surface area (Å²) in [7, 11) is 0. The first-order chi connectivity index (χ1) is 22.3. The van der Waals surface area contributed by atoms with E-state index >= 15 is 0 Å². The van der Waals surface area contributed by atoms with Gasteiger partial charge in [-0.1, -0.05) is 204 Å². The summed E-state index contributed by atoms with van der Waals surface area (Å²) in [6, 6.07) is 22.9. The normalized spacial score (nSPS) is 11.8. The van der Waals surface area contributed by atoms with Crippen LogP contribution < -0.4 is 4.48 Å². The molecule has 2 aromatic carbocycles. The van der Waals surface area contributed by atoms with Gasteiger partial charge in [-0.2, -0.15) is 0 Å². The largest absolute Gasteiger partial charge is 0.259 e. The van der Waals surface area contributed by atoms with Gasteiger partial charge in [0.2, 0.25) is 0 Å². The van der Waals surface area contributed by atoms with Crippen molar-refractivity contribution in [1.29, 1.82) is 0 Å². The zero-order valence-electron chi connectivity index (χ0n) is 30.4. The second-order valence-electron chi connectivity index (χ2n) is 14.3. The third-order valence-electron chi connectivity index (χ3n) is 10.3. The van der Waals surface area contributed by atoms with Crippen LogP contribution >= 0.6 is 0 Å². The Labute approximate surface area is 282 Å². The molecule has 0 saturated carbocycles. The fourth-order valence-corrected chi connectivity index (χ4v) is 7.36. The van der Waals surface area contributed by atoms with Crippen LogP contribution in [0.25, 0.3) is 0 Å². The molecule has 1 heteroatoms. The van der Waals surface area contributed by atoms with Crippen LogP contribution in [0.15, 0.2) is 60.7 Å². The van der Waals surface area contributed by atoms with Crippen molar-refractivity contribution in [3.05, 3.63) is 60.7 Å². The van der Waals surface area contributed by atoms with Gasteiger partial charge in [-0.15, -0.1) is 0 Å². The number of rotatable bonds is 32. The predicted octanol–water partition coefficient (Wildman–Crippen LogP) is 15.3. The quantitative estimate of drug-likeness (QED) is 0.0565. The van der Waals surface area contributed by atoms with Crippen LogP contribution in [-0.4, -0.2) is 13.1 Å². The molecule has 0 aliphatic heterocycles. The van der Waals surface area contributed by atoms with E-state index in [2.05, 4.69) is 74.5 Å². The first-order valence-corrected chi connectivity index (χ1v) is 20.3. The molecule has 2 rings (SSSR count). The molecule has 1 nitrogen and oxygen atoms in total. The van der Waals surface area contributed by atoms with Crippen LogP contribution in [-0.2, 0) is 0 Å². The zero-order valence-corrected chi connectivity index (χ0v) is 30.4. The Morgan fingerprint density at radius 1 is 0.289 bits per heavy atom. The molecule has 0 fully saturated rings. The third kappa shape index (κ3) is 19.0. The second-order valence-corrected chi connectivity index (χ2v) is 14.3. The van der Waals surface area contributed by atoms with Crippen molar-refractivity contribution in [2.75, 3.05) is 13.1 Å². The maximum atomic E-state index is 2.39. The molecule has 0 heterocycles. The van der Waals surface area contributed by atoms with Crippen LogP contribution in [0.2, 0.25) is 0 Å². The van der Waals surface area contributed by atoms with Gasteiger partial charge in [0, 0.05) is 0 Å². The number of para-hydroxylation sites is 2. The van der Waals surface area contributed by atoms with Crippen LogP contribution in [0.4, 0.5) is 11.4 Å². The molecule has 0 atom stereocenters. The topological polar surface area (TPSA) is 0 Å². The Balaban J connectivity index is 1.71. The van der Waals surface area contributed by atoms with Gasteiger partial charge in [0.1, 0.15) is 11.4 Å². The van der Waals surface area contributed by atoms with Crippen molar-refractivity contribution in [2.24, 2.45) is 0 Å². The van der Waals surface area contributed by atoms with E-state index in [9.17, 15) is 0 Å². The molecule has 0 amide bonds. The van der Waals surface area contributed by atoms with Gasteiger partial charge in [0.15, 0.2) is 0 Å². The van der Waals surface area contributed by atoms with Gasteiger partial charge in [0.05, 0.1) is 13.1 Å². The summed E-state index contributed by atoms with van der Waals surface area (Å²) < 4.78 is 1.03.